The molecule has 0 heterocycles. The van der Waals surface area contributed by atoms with Crippen LogP contribution in [0.25, 0.3) is 0 Å². The highest BCUT2D eigenvalue weighted by Gasteiger charge is 2.21. The lowest BCUT2D eigenvalue weighted by molar-refractivity contribution is -0.870. The number of phosphoric ester groups is 1. The molecule has 0 aromatic rings. The van der Waals surface area contributed by atoms with Crippen molar-refractivity contribution in [1.29, 1.82) is 0 Å². The number of ether oxygens (including phenoxy) is 2. The fourth-order valence-electron chi connectivity index (χ4n) is 3.85. The van der Waals surface area contributed by atoms with E-state index in [9.17, 15) is 19.0 Å². The Kier molecular flexibility index (Phi) is 27.5. The second-order valence-electron chi connectivity index (χ2n) is 12.1. The van der Waals surface area contributed by atoms with Crippen LogP contribution in [-0.2, 0) is 32.7 Å². The minimum atomic E-state index is -4.61. The summed E-state index contributed by atoms with van der Waals surface area (Å²) in [6, 6.07) is 0. The standard InChI is InChI=1S/C36H62NO8P/c1-6-8-10-11-12-13-14-15-16-17-18-19-20-21-22-23-24-25-27-29-36(39)45-34(32-42-35(38)28-26-9-7-2)33-44-46(40,41)43-31-30-37(3,4)5/h8,10,12-13,15-16,18-19,21-22,34H,6-7,9,11,14,17,20,23-33H2,1-5H3/b10-8-,13-12-,16-15-,19-18-,22-21-. The Hall–Kier alpha value is -2.29. The Morgan fingerprint density at radius 2 is 1.24 bits per heavy atom. The van der Waals surface area contributed by atoms with Crippen molar-refractivity contribution in [2.24, 2.45) is 0 Å². The summed E-state index contributed by atoms with van der Waals surface area (Å²) in [5, 5.41) is 0. The number of quaternary nitrogens is 1. The molecule has 0 aliphatic heterocycles. The molecule has 0 saturated heterocycles. The molecule has 264 valence electrons. The Morgan fingerprint density at radius 3 is 1.80 bits per heavy atom. The molecule has 2 atom stereocenters. The number of allylic oxidation sites excluding steroid dienone is 10. The molecule has 0 amide bonds. The Labute approximate surface area is 279 Å². The summed E-state index contributed by atoms with van der Waals surface area (Å²) >= 11 is 0. The lowest BCUT2D eigenvalue weighted by Gasteiger charge is -2.28. The molecule has 9 nitrogen and oxygen atoms in total. The molecule has 0 aromatic heterocycles. The molecule has 0 radical (unpaired) electrons. The fraction of sp³-hybridized carbons (Fsp3) is 0.667. The maximum atomic E-state index is 12.5. The Morgan fingerprint density at radius 1 is 0.696 bits per heavy atom. The van der Waals surface area contributed by atoms with Gasteiger partial charge in [0.2, 0.25) is 0 Å². The number of carbonyl (C=O) groups excluding carboxylic acids is 2. The van der Waals surface area contributed by atoms with Gasteiger partial charge in [-0.2, -0.15) is 0 Å². The van der Waals surface area contributed by atoms with Gasteiger partial charge in [-0.3, -0.25) is 14.2 Å². The predicted molar refractivity (Wildman–Crippen MR) is 185 cm³/mol. The molecule has 2 unspecified atom stereocenters. The second kappa shape index (κ2) is 28.9. The van der Waals surface area contributed by atoms with Gasteiger partial charge in [-0.05, 0) is 57.8 Å². The van der Waals surface area contributed by atoms with Crippen LogP contribution in [0.3, 0.4) is 0 Å². The van der Waals surface area contributed by atoms with Gasteiger partial charge in [0, 0.05) is 12.8 Å². The number of hydrogen-bond acceptors (Lipinski definition) is 8. The summed E-state index contributed by atoms with van der Waals surface area (Å²) in [5.41, 5.74) is 0. The second-order valence-corrected chi connectivity index (χ2v) is 13.6. The maximum absolute atomic E-state index is 12.5. The number of esters is 2. The normalized spacial score (nSPS) is 14.7. The van der Waals surface area contributed by atoms with Gasteiger partial charge in [0.1, 0.15) is 19.8 Å². The van der Waals surface area contributed by atoms with Crippen LogP contribution >= 0.6 is 7.82 Å². The lowest BCUT2D eigenvalue weighted by Crippen LogP contribution is -2.37. The first-order valence-electron chi connectivity index (χ1n) is 17.0. The molecule has 0 aliphatic rings. The maximum Gasteiger partial charge on any atom is 0.306 e. The zero-order valence-corrected chi connectivity index (χ0v) is 30.1. The molecule has 10 heteroatoms. The summed E-state index contributed by atoms with van der Waals surface area (Å²) in [5.74, 6) is -0.911. The van der Waals surface area contributed by atoms with Crippen molar-refractivity contribution in [3.05, 3.63) is 60.8 Å². The fourth-order valence-corrected chi connectivity index (χ4v) is 4.58. The van der Waals surface area contributed by atoms with E-state index < -0.39 is 32.5 Å². The number of nitrogens with zero attached hydrogens (tertiary/aromatic N) is 1. The predicted octanol–water partition coefficient (Wildman–Crippen LogP) is 7.93. The zero-order valence-electron chi connectivity index (χ0n) is 29.2. The summed E-state index contributed by atoms with van der Waals surface area (Å²) in [6.07, 6.45) is 32.0. The molecule has 0 spiro atoms. The first-order chi connectivity index (χ1) is 22.0. The Bertz CT molecular complexity index is 981. The molecular formula is C36H62NO8P. The first-order valence-corrected chi connectivity index (χ1v) is 18.5. The molecule has 0 rings (SSSR count). The van der Waals surface area contributed by atoms with Gasteiger partial charge in [-0.1, -0.05) is 93.9 Å². The van der Waals surface area contributed by atoms with Crippen molar-refractivity contribution in [2.45, 2.75) is 110 Å². The zero-order chi connectivity index (χ0) is 34.4. The molecule has 0 aromatic carbocycles. The van der Waals surface area contributed by atoms with Crippen molar-refractivity contribution in [1.82, 2.24) is 0 Å². The third-order valence-electron chi connectivity index (χ3n) is 6.55. The Balaban J connectivity index is 4.36. The van der Waals surface area contributed by atoms with Crippen LogP contribution < -0.4 is 4.89 Å². The van der Waals surface area contributed by atoms with E-state index in [2.05, 4.69) is 67.7 Å². The van der Waals surface area contributed by atoms with Gasteiger partial charge in [-0.15, -0.1) is 0 Å². The van der Waals surface area contributed by atoms with E-state index in [0.29, 0.717) is 23.9 Å². The molecule has 0 bridgehead atoms. The van der Waals surface area contributed by atoms with Crippen LogP contribution in [0.4, 0.5) is 0 Å². The highest BCUT2D eigenvalue weighted by Crippen LogP contribution is 2.38. The van der Waals surface area contributed by atoms with Crippen molar-refractivity contribution in [3.63, 3.8) is 0 Å². The van der Waals surface area contributed by atoms with Crippen LogP contribution in [0.1, 0.15) is 104 Å². The summed E-state index contributed by atoms with van der Waals surface area (Å²) < 4.78 is 33.3. The van der Waals surface area contributed by atoms with Crippen LogP contribution in [0.2, 0.25) is 0 Å². The summed E-state index contributed by atoms with van der Waals surface area (Å²) in [7, 11) is 1.12. The van der Waals surface area contributed by atoms with E-state index in [0.717, 1.165) is 64.2 Å². The number of unbranched alkanes of at least 4 members (excludes halogenated alkanes) is 5. The molecule has 0 aliphatic carbocycles. The molecule has 0 fully saturated rings. The van der Waals surface area contributed by atoms with Crippen molar-refractivity contribution >= 4 is 19.8 Å². The van der Waals surface area contributed by atoms with E-state index in [4.69, 9.17) is 18.5 Å². The van der Waals surface area contributed by atoms with E-state index in [1.54, 1.807) is 0 Å². The van der Waals surface area contributed by atoms with Crippen molar-refractivity contribution < 1.29 is 42.1 Å². The van der Waals surface area contributed by atoms with Gasteiger partial charge >= 0.3 is 11.9 Å². The average Bonchev–Trinajstić information content (AvgIpc) is 2.99. The minimum absolute atomic E-state index is 0.0409. The molecular weight excluding hydrogens is 605 g/mol. The monoisotopic (exact) mass is 667 g/mol. The summed E-state index contributed by atoms with van der Waals surface area (Å²) in [6.45, 7) is 3.83. The van der Waals surface area contributed by atoms with E-state index in [-0.39, 0.29) is 26.1 Å². The van der Waals surface area contributed by atoms with Crippen LogP contribution in [0.15, 0.2) is 60.8 Å². The SMILES string of the molecule is CC/C=C\C/C=C\C/C=C\C/C=C\C/C=C\CCCCCC(=O)OC(COC(=O)CCCCC)COP(=O)([O-])OCC[N+](C)(C)C. The number of rotatable bonds is 29. The highest BCUT2D eigenvalue weighted by atomic mass is 31.2. The molecule has 0 saturated carbocycles. The summed E-state index contributed by atoms with van der Waals surface area (Å²) in [4.78, 5) is 36.7. The van der Waals surface area contributed by atoms with Gasteiger partial charge in [0.25, 0.3) is 7.82 Å². The van der Waals surface area contributed by atoms with Gasteiger partial charge in [0.05, 0.1) is 27.7 Å². The van der Waals surface area contributed by atoms with Gasteiger partial charge < -0.3 is 27.9 Å². The topological polar surface area (TPSA) is 111 Å². The number of carbonyl (C=O) groups is 2. The quantitative estimate of drug-likeness (QED) is 0.0260. The third kappa shape index (κ3) is 31.7. The van der Waals surface area contributed by atoms with E-state index >= 15 is 0 Å². The first kappa shape index (κ1) is 43.7. The van der Waals surface area contributed by atoms with Crippen molar-refractivity contribution in [3.8, 4) is 0 Å². The van der Waals surface area contributed by atoms with Crippen LogP contribution in [0, 0.1) is 0 Å². The smallest absolute Gasteiger partial charge is 0.306 e. The van der Waals surface area contributed by atoms with Crippen molar-refractivity contribution in [2.75, 3.05) is 47.5 Å². The molecule has 0 N–H and O–H groups in total. The van der Waals surface area contributed by atoms with Crippen LogP contribution in [0.5, 0.6) is 0 Å². The number of likely N-dealkylation sites (N-methyl/N-ethyl adjacent to an activating group) is 1. The largest absolute Gasteiger partial charge is 0.756 e. The van der Waals surface area contributed by atoms with E-state index in [1.807, 2.05) is 28.1 Å². The van der Waals surface area contributed by atoms with E-state index in [1.165, 1.54) is 0 Å². The van der Waals surface area contributed by atoms with Gasteiger partial charge in [0.15, 0.2) is 6.10 Å². The number of phosphoric acid groups is 1. The molecule has 46 heavy (non-hydrogen) atoms. The highest BCUT2D eigenvalue weighted by molar-refractivity contribution is 7.45. The van der Waals surface area contributed by atoms with Gasteiger partial charge in [-0.25, -0.2) is 0 Å². The minimum Gasteiger partial charge on any atom is -0.756 e. The number of hydrogen-bond donors (Lipinski definition) is 0. The average molecular weight is 668 g/mol. The third-order valence-corrected chi connectivity index (χ3v) is 7.52. The lowest BCUT2D eigenvalue weighted by atomic mass is 10.1. The van der Waals surface area contributed by atoms with Crippen LogP contribution in [-0.4, -0.2) is 70.0 Å².